The van der Waals surface area contributed by atoms with E-state index in [1.807, 2.05) is 6.92 Å². The van der Waals surface area contributed by atoms with Crippen LogP contribution in [0.5, 0.6) is 0 Å². The molecule has 0 aromatic carbocycles. The summed E-state index contributed by atoms with van der Waals surface area (Å²) >= 11 is 0. The van der Waals surface area contributed by atoms with Crippen molar-refractivity contribution in [3.63, 3.8) is 0 Å². The van der Waals surface area contributed by atoms with Crippen LogP contribution < -0.4 is 0 Å². The number of ether oxygens (including phenoxy) is 2. The highest BCUT2D eigenvalue weighted by Crippen LogP contribution is 2.13. The SMILES string of the molecule is CCOC1CCCN(CCCC(=O)OC)C1. The molecule has 1 aliphatic heterocycles. The molecular formula is C12H23NO3. The molecule has 0 aromatic heterocycles. The summed E-state index contributed by atoms with van der Waals surface area (Å²) in [5.41, 5.74) is 0. The lowest BCUT2D eigenvalue weighted by molar-refractivity contribution is -0.140. The van der Waals surface area contributed by atoms with Gasteiger partial charge in [0.15, 0.2) is 0 Å². The summed E-state index contributed by atoms with van der Waals surface area (Å²) in [5, 5.41) is 0. The number of esters is 1. The standard InChI is InChI=1S/C12H23NO3/c1-3-16-11-6-4-8-13(10-11)9-5-7-12(14)15-2/h11H,3-10H2,1-2H3. The summed E-state index contributed by atoms with van der Waals surface area (Å²) in [6, 6.07) is 0. The predicted octanol–water partition coefficient (Wildman–Crippen LogP) is 1.44. The van der Waals surface area contributed by atoms with Gasteiger partial charge in [0.25, 0.3) is 0 Å². The van der Waals surface area contributed by atoms with Crippen LogP contribution >= 0.6 is 0 Å². The quantitative estimate of drug-likeness (QED) is 0.646. The highest BCUT2D eigenvalue weighted by Gasteiger charge is 2.19. The summed E-state index contributed by atoms with van der Waals surface area (Å²) in [6.45, 7) is 5.94. The van der Waals surface area contributed by atoms with E-state index in [4.69, 9.17) is 4.74 Å². The van der Waals surface area contributed by atoms with Gasteiger partial charge in [0.1, 0.15) is 0 Å². The van der Waals surface area contributed by atoms with Crippen molar-refractivity contribution in [3.8, 4) is 0 Å². The molecule has 1 unspecified atom stereocenters. The number of nitrogens with zero attached hydrogens (tertiary/aromatic N) is 1. The van der Waals surface area contributed by atoms with E-state index in [-0.39, 0.29) is 5.97 Å². The topological polar surface area (TPSA) is 38.8 Å². The smallest absolute Gasteiger partial charge is 0.305 e. The summed E-state index contributed by atoms with van der Waals surface area (Å²) in [6.07, 6.45) is 4.15. The van der Waals surface area contributed by atoms with Crippen molar-refractivity contribution in [2.24, 2.45) is 0 Å². The van der Waals surface area contributed by atoms with E-state index in [9.17, 15) is 4.79 Å². The fraction of sp³-hybridized carbons (Fsp3) is 0.917. The molecule has 0 aliphatic carbocycles. The fourth-order valence-corrected chi connectivity index (χ4v) is 2.14. The molecule has 0 aromatic rings. The molecule has 1 saturated heterocycles. The zero-order valence-electron chi connectivity index (χ0n) is 10.4. The van der Waals surface area contributed by atoms with E-state index in [1.165, 1.54) is 20.0 Å². The third kappa shape index (κ3) is 4.94. The first-order valence-electron chi connectivity index (χ1n) is 6.17. The number of piperidine rings is 1. The molecule has 1 fully saturated rings. The molecule has 4 nitrogen and oxygen atoms in total. The second kappa shape index (κ2) is 7.63. The van der Waals surface area contributed by atoms with E-state index in [0.29, 0.717) is 12.5 Å². The van der Waals surface area contributed by atoms with Crippen LogP contribution in [-0.2, 0) is 14.3 Å². The molecule has 0 N–H and O–H groups in total. The van der Waals surface area contributed by atoms with Crippen LogP contribution in [0.2, 0.25) is 0 Å². The van der Waals surface area contributed by atoms with Crippen molar-refractivity contribution in [1.29, 1.82) is 0 Å². The van der Waals surface area contributed by atoms with Crippen LogP contribution in [-0.4, -0.2) is 50.3 Å². The van der Waals surface area contributed by atoms with Crippen molar-refractivity contribution in [2.45, 2.75) is 38.7 Å². The van der Waals surface area contributed by atoms with E-state index >= 15 is 0 Å². The van der Waals surface area contributed by atoms with Crippen LogP contribution in [0.4, 0.5) is 0 Å². The summed E-state index contributed by atoms with van der Waals surface area (Å²) in [4.78, 5) is 13.3. The van der Waals surface area contributed by atoms with Gasteiger partial charge in [0.2, 0.25) is 0 Å². The maximum atomic E-state index is 11.0. The molecule has 1 aliphatic rings. The predicted molar refractivity (Wildman–Crippen MR) is 62.3 cm³/mol. The molecule has 0 spiro atoms. The van der Waals surface area contributed by atoms with Gasteiger partial charge in [-0.05, 0) is 39.3 Å². The maximum Gasteiger partial charge on any atom is 0.305 e. The second-order valence-corrected chi connectivity index (χ2v) is 4.20. The molecule has 94 valence electrons. The van der Waals surface area contributed by atoms with Crippen molar-refractivity contribution >= 4 is 5.97 Å². The molecule has 0 radical (unpaired) electrons. The largest absolute Gasteiger partial charge is 0.469 e. The summed E-state index contributed by atoms with van der Waals surface area (Å²) in [7, 11) is 1.44. The third-order valence-electron chi connectivity index (χ3n) is 2.95. The minimum atomic E-state index is -0.113. The molecule has 0 saturated carbocycles. The molecule has 0 bridgehead atoms. The Labute approximate surface area is 97.9 Å². The van der Waals surface area contributed by atoms with Gasteiger partial charge in [-0.3, -0.25) is 4.79 Å². The molecule has 4 heteroatoms. The highest BCUT2D eigenvalue weighted by atomic mass is 16.5. The molecule has 16 heavy (non-hydrogen) atoms. The Morgan fingerprint density at radius 3 is 3.00 bits per heavy atom. The van der Waals surface area contributed by atoms with Gasteiger partial charge < -0.3 is 14.4 Å². The Morgan fingerprint density at radius 2 is 2.31 bits per heavy atom. The number of hydrogen-bond donors (Lipinski definition) is 0. The van der Waals surface area contributed by atoms with E-state index in [2.05, 4.69) is 9.64 Å². The van der Waals surface area contributed by atoms with Crippen LogP contribution in [0, 0.1) is 0 Å². The minimum Gasteiger partial charge on any atom is -0.469 e. The van der Waals surface area contributed by atoms with Gasteiger partial charge in [-0.15, -0.1) is 0 Å². The second-order valence-electron chi connectivity index (χ2n) is 4.20. The Bertz CT molecular complexity index is 206. The van der Waals surface area contributed by atoms with Gasteiger partial charge in [-0.2, -0.15) is 0 Å². The zero-order chi connectivity index (χ0) is 11.8. The van der Waals surface area contributed by atoms with Gasteiger partial charge in [-0.25, -0.2) is 0 Å². The minimum absolute atomic E-state index is 0.113. The summed E-state index contributed by atoms with van der Waals surface area (Å²) < 4.78 is 10.2. The molecular weight excluding hydrogens is 206 g/mol. The Balaban J connectivity index is 2.14. The normalized spacial score (nSPS) is 22.0. The van der Waals surface area contributed by atoms with Gasteiger partial charge in [-0.1, -0.05) is 0 Å². The first-order chi connectivity index (χ1) is 7.76. The van der Waals surface area contributed by atoms with E-state index in [1.54, 1.807) is 0 Å². The fourth-order valence-electron chi connectivity index (χ4n) is 2.14. The van der Waals surface area contributed by atoms with E-state index < -0.39 is 0 Å². The Morgan fingerprint density at radius 1 is 1.50 bits per heavy atom. The first-order valence-corrected chi connectivity index (χ1v) is 6.17. The average Bonchev–Trinajstić information content (AvgIpc) is 2.30. The van der Waals surface area contributed by atoms with Gasteiger partial charge in [0.05, 0.1) is 13.2 Å². The van der Waals surface area contributed by atoms with Crippen LogP contribution in [0.3, 0.4) is 0 Å². The molecule has 1 rings (SSSR count). The Hall–Kier alpha value is -0.610. The van der Waals surface area contributed by atoms with Gasteiger partial charge >= 0.3 is 5.97 Å². The number of carbonyl (C=O) groups excluding carboxylic acids is 1. The third-order valence-corrected chi connectivity index (χ3v) is 2.95. The number of rotatable bonds is 6. The van der Waals surface area contributed by atoms with E-state index in [0.717, 1.165) is 32.7 Å². The van der Waals surface area contributed by atoms with Crippen LogP contribution in [0.25, 0.3) is 0 Å². The van der Waals surface area contributed by atoms with Crippen LogP contribution in [0.15, 0.2) is 0 Å². The number of carbonyl (C=O) groups is 1. The highest BCUT2D eigenvalue weighted by molar-refractivity contribution is 5.69. The first kappa shape index (κ1) is 13.5. The van der Waals surface area contributed by atoms with Crippen molar-refractivity contribution in [2.75, 3.05) is 33.4 Å². The zero-order valence-corrected chi connectivity index (χ0v) is 10.4. The lowest BCUT2D eigenvalue weighted by Gasteiger charge is -2.32. The van der Waals surface area contributed by atoms with Crippen molar-refractivity contribution < 1.29 is 14.3 Å². The number of methoxy groups -OCH3 is 1. The van der Waals surface area contributed by atoms with Crippen molar-refractivity contribution in [1.82, 2.24) is 4.90 Å². The monoisotopic (exact) mass is 229 g/mol. The maximum absolute atomic E-state index is 11.0. The average molecular weight is 229 g/mol. The number of hydrogen-bond acceptors (Lipinski definition) is 4. The number of likely N-dealkylation sites (tertiary alicyclic amines) is 1. The summed E-state index contributed by atoms with van der Waals surface area (Å²) in [5.74, 6) is -0.113. The molecule has 1 heterocycles. The Kier molecular flexibility index (Phi) is 6.42. The molecule has 0 amide bonds. The van der Waals surface area contributed by atoms with Crippen molar-refractivity contribution in [3.05, 3.63) is 0 Å². The van der Waals surface area contributed by atoms with Crippen LogP contribution in [0.1, 0.15) is 32.6 Å². The molecule has 1 atom stereocenters. The lowest BCUT2D eigenvalue weighted by atomic mass is 10.1. The lowest BCUT2D eigenvalue weighted by Crippen LogP contribution is -2.40. The van der Waals surface area contributed by atoms with Gasteiger partial charge in [0, 0.05) is 19.6 Å².